The van der Waals surface area contributed by atoms with Gasteiger partial charge in [-0.3, -0.25) is 0 Å². The summed E-state index contributed by atoms with van der Waals surface area (Å²) >= 11 is 0. The predicted molar refractivity (Wildman–Crippen MR) is 40.9 cm³/mol. The van der Waals surface area contributed by atoms with Gasteiger partial charge in [0.05, 0.1) is 6.54 Å². The number of aliphatic imine (C=N–C) groups is 1. The number of hydrogen-bond donors (Lipinski definition) is 1. The molecule has 0 aliphatic carbocycles. The largest absolute Gasteiger partial charge is 0.457 e. The van der Waals surface area contributed by atoms with Crippen LogP contribution in [0.5, 0.6) is 0 Å². The third-order valence-electron chi connectivity index (χ3n) is 2.13. The fraction of sp³-hybridized carbons (Fsp3) is 0.857. The van der Waals surface area contributed by atoms with Crippen molar-refractivity contribution in [2.45, 2.75) is 32.3 Å². The number of rotatable bonds is 2. The molecule has 0 unspecified atom stereocenters. The summed E-state index contributed by atoms with van der Waals surface area (Å²) in [5, 5.41) is 0. The lowest BCUT2D eigenvalue weighted by Gasteiger charge is -2.24. The maximum absolute atomic E-state index is 5.39. The van der Waals surface area contributed by atoms with Gasteiger partial charge in [0.15, 0.2) is 0 Å². The Bertz CT molecular complexity index is 150. The van der Waals surface area contributed by atoms with Crippen LogP contribution in [0.3, 0.4) is 0 Å². The molecule has 0 radical (unpaired) electrons. The van der Waals surface area contributed by atoms with E-state index in [4.69, 9.17) is 10.5 Å². The van der Waals surface area contributed by atoms with Crippen molar-refractivity contribution >= 4 is 6.02 Å². The van der Waals surface area contributed by atoms with E-state index in [0.29, 0.717) is 6.02 Å². The maximum Gasteiger partial charge on any atom is 0.282 e. The summed E-state index contributed by atoms with van der Waals surface area (Å²) in [6.07, 6.45) is 1.96. The van der Waals surface area contributed by atoms with Gasteiger partial charge in [0, 0.05) is 0 Å². The van der Waals surface area contributed by atoms with Crippen LogP contribution in [0.25, 0.3) is 0 Å². The zero-order chi connectivity index (χ0) is 7.61. The van der Waals surface area contributed by atoms with E-state index in [0.717, 1.165) is 19.4 Å². The molecule has 0 amide bonds. The van der Waals surface area contributed by atoms with Crippen molar-refractivity contribution in [2.75, 3.05) is 6.54 Å². The molecule has 3 nitrogen and oxygen atoms in total. The van der Waals surface area contributed by atoms with Crippen LogP contribution >= 0.6 is 0 Å². The molecule has 58 valence electrons. The van der Waals surface area contributed by atoms with Crippen molar-refractivity contribution in [3.05, 3.63) is 0 Å². The molecule has 1 aliphatic rings. The van der Waals surface area contributed by atoms with E-state index in [-0.39, 0.29) is 5.60 Å². The first-order valence-corrected chi connectivity index (χ1v) is 3.71. The standard InChI is InChI=1S/C7H14N2O/c1-3-7(4-2)5-9-6(8)10-7/h3-5H2,1-2H3,(H2,8,9). The molecule has 0 bridgehead atoms. The highest BCUT2D eigenvalue weighted by atomic mass is 16.5. The third kappa shape index (κ3) is 1.08. The Balaban J connectivity index is 2.57. The van der Waals surface area contributed by atoms with Gasteiger partial charge in [-0.05, 0) is 12.8 Å². The Kier molecular flexibility index (Phi) is 1.83. The lowest BCUT2D eigenvalue weighted by atomic mass is 9.98. The number of hydrogen-bond acceptors (Lipinski definition) is 3. The van der Waals surface area contributed by atoms with E-state index in [2.05, 4.69) is 18.8 Å². The van der Waals surface area contributed by atoms with Gasteiger partial charge in [0.2, 0.25) is 0 Å². The minimum absolute atomic E-state index is 0.0793. The number of nitrogens with zero attached hydrogens (tertiary/aromatic N) is 1. The Morgan fingerprint density at radius 2 is 2.20 bits per heavy atom. The normalized spacial score (nSPS) is 22.0. The first-order chi connectivity index (χ1) is 4.72. The van der Waals surface area contributed by atoms with Gasteiger partial charge in [-0.15, -0.1) is 0 Å². The van der Waals surface area contributed by atoms with E-state index in [9.17, 15) is 0 Å². The fourth-order valence-electron chi connectivity index (χ4n) is 1.13. The van der Waals surface area contributed by atoms with Crippen molar-refractivity contribution in [1.29, 1.82) is 0 Å². The van der Waals surface area contributed by atoms with E-state index in [1.165, 1.54) is 0 Å². The molecule has 1 rings (SSSR count). The molecule has 0 spiro atoms. The van der Waals surface area contributed by atoms with Gasteiger partial charge in [-0.2, -0.15) is 0 Å². The zero-order valence-electron chi connectivity index (χ0n) is 6.55. The molecule has 0 saturated carbocycles. The summed E-state index contributed by atoms with van der Waals surface area (Å²) < 4.78 is 5.38. The summed E-state index contributed by atoms with van der Waals surface area (Å²) in [7, 11) is 0. The van der Waals surface area contributed by atoms with Crippen LogP contribution < -0.4 is 5.73 Å². The summed E-state index contributed by atoms with van der Waals surface area (Å²) in [4.78, 5) is 4.00. The lowest BCUT2D eigenvalue weighted by Crippen LogP contribution is -2.33. The number of ether oxygens (including phenoxy) is 1. The Hall–Kier alpha value is -0.730. The van der Waals surface area contributed by atoms with Crippen molar-refractivity contribution in [3.8, 4) is 0 Å². The predicted octanol–water partition coefficient (Wildman–Crippen LogP) is 0.890. The van der Waals surface area contributed by atoms with Crippen LogP contribution in [0.1, 0.15) is 26.7 Å². The molecule has 2 N–H and O–H groups in total. The van der Waals surface area contributed by atoms with Crippen LogP contribution in [0, 0.1) is 0 Å². The van der Waals surface area contributed by atoms with E-state index in [1.807, 2.05) is 0 Å². The van der Waals surface area contributed by atoms with Crippen LogP contribution in [0.2, 0.25) is 0 Å². The quantitative estimate of drug-likeness (QED) is 0.622. The average Bonchev–Trinajstić information content (AvgIpc) is 2.33. The summed E-state index contributed by atoms with van der Waals surface area (Å²) in [6, 6.07) is 0.351. The second-order valence-electron chi connectivity index (χ2n) is 2.65. The Labute approximate surface area is 61.3 Å². The molecule has 3 heteroatoms. The fourth-order valence-corrected chi connectivity index (χ4v) is 1.13. The second kappa shape index (κ2) is 2.48. The van der Waals surface area contributed by atoms with Crippen LogP contribution in [-0.4, -0.2) is 18.2 Å². The second-order valence-corrected chi connectivity index (χ2v) is 2.65. The summed E-state index contributed by atoms with van der Waals surface area (Å²) in [5.74, 6) is 0. The van der Waals surface area contributed by atoms with Crippen molar-refractivity contribution in [1.82, 2.24) is 0 Å². The van der Waals surface area contributed by atoms with Crippen molar-refractivity contribution in [3.63, 3.8) is 0 Å². The Morgan fingerprint density at radius 3 is 2.40 bits per heavy atom. The average molecular weight is 142 g/mol. The van der Waals surface area contributed by atoms with Crippen molar-refractivity contribution < 1.29 is 4.74 Å². The number of nitrogens with two attached hydrogens (primary N) is 1. The number of amidine groups is 1. The molecular formula is C7H14N2O. The molecule has 0 aromatic carbocycles. The van der Waals surface area contributed by atoms with Gasteiger partial charge in [-0.1, -0.05) is 13.8 Å². The molecule has 0 aromatic heterocycles. The highest BCUT2D eigenvalue weighted by molar-refractivity contribution is 5.73. The molecule has 0 fully saturated rings. The Morgan fingerprint density at radius 1 is 1.60 bits per heavy atom. The summed E-state index contributed by atoms with van der Waals surface area (Å²) in [5.41, 5.74) is 5.31. The molecular weight excluding hydrogens is 128 g/mol. The molecule has 10 heavy (non-hydrogen) atoms. The molecule has 0 saturated heterocycles. The monoisotopic (exact) mass is 142 g/mol. The molecule has 0 atom stereocenters. The molecule has 0 aromatic rings. The van der Waals surface area contributed by atoms with E-state index < -0.39 is 0 Å². The van der Waals surface area contributed by atoms with Gasteiger partial charge in [0.1, 0.15) is 5.60 Å². The van der Waals surface area contributed by atoms with Gasteiger partial charge in [0.25, 0.3) is 6.02 Å². The van der Waals surface area contributed by atoms with E-state index in [1.54, 1.807) is 0 Å². The maximum atomic E-state index is 5.39. The first-order valence-electron chi connectivity index (χ1n) is 3.71. The van der Waals surface area contributed by atoms with Gasteiger partial charge >= 0.3 is 0 Å². The first kappa shape index (κ1) is 7.38. The van der Waals surface area contributed by atoms with Crippen LogP contribution in [0.15, 0.2) is 4.99 Å². The SMILES string of the molecule is CCC1(CC)CN=C(N)O1. The minimum atomic E-state index is -0.0793. The highest BCUT2D eigenvalue weighted by Gasteiger charge is 2.33. The topological polar surface area (TPSA) is 47.6 Å². The van der Waals surface area contributed by atoms with Crippen molar-refractivity contribution in [2.24, 2.45) is 10.7 Å². The molecule has 1 heterocycles. The zero-order valence-corrected chi connectivity index (χ0v) is 6.55. The third-order valence-corrected chi connectivity index (χ3v) is 2.13. The molecule has 1 aliphatic heterocycles. The van der Waals surface area contributed by atoms with Crippen LogP contribution in [-0.2, 0) is 4.74 Å². The smallest absolute Gasteiger partial charge is 0.282 e. The van der Waals surface area contributed by atoms with Crippen LogP contribution in [0.4, 0.5) is 0 Å². The minimum Gasteiger partial charge on any atom is -0.457 e. The van der Waals surface area contributed by atoms with E-state index >= 15 is 0 Å². The highest BCUT2D eigenvalue weighted by Crippen LogP contribution is 2.24. The lowest BCUT2D eigenvalue weighted by molar-refractivity contribution is 0.0771. The van der Waals surface area contributed by atoms with Gasteiger partial charge < -0.3 is 10.5 Å². The summed E-state index contributed by atoms with van der Waals surface area (Å²) in [6.45, 7) is 4.92. The van der Waals surface area contributed by atoms with Gasteiger partial charge in [-0.25, -0.2) is 4.99 Å².